The minimum Gasteiger partial charge on any atom is -0.493 e. The summed E-state index contributed by atoms with van der Waals surface area (Å²) >= 11 is 5.98. The predicted molar refractivity (Wildman–Crippen MR) is 107 cm³/mol. The van der Waals surface area contributed by atoms with Crippen LogP contribution in [0.3, 0.4) is 0 Å². The van der Waals surface area contributed by atoms with Gasteiger partial charge in [-0.3, -0.25) is 4.79 Å². The fourth-order valence-electron chi connectivity index (χ4n) is 2.77. The Balaban J connectivity index is 1.62. The molecular formula is C20H19ClF2N4O3. The van der Waals surface area contributed by atoms with Gasteiger partial charge in [0.05, 0.1) is 18.5 Å². The van der Waals surface area contributed by atoms with E-state index in [2.05, 4.69) is 20.3 Å². The molecule has 0 aliphatic carbocycles. The first-order valence-electron chi connectivity index (χ1n) is 8.97. The number of hydrogen-bond acceptors (Lipinski definition) is 5. The SMILES string of the molecule is COc1cc(CCNC(=O)c2nn(-c3cccc(Cl)c3)nc2C)ccc1OC(F)F. The van der Waals surface area contributed by atoms with E-state index in [9.17, 15) is 13.6 Å². The van der Waals surface area contributed by atoms with Crippen LogP contribution in [0.5, 0.6) is 11.5 Å². The third kappa shape index (κ3) is 5.24. The minimum atomic E-state index is -2.94. The van der Waals surface area contributed by atoms with Crippen molar-refractivity contribution in [3.63, 3.8) is 0 Å². The van der Waals surface area contributed by atoms with Gasteiger partial charge in [0, 0.05) is 11.6 Å². The van der Waals surface area contributed by atoms with E-state index < -0.39 is 6.61 Å². The van der Waals surface area contributed by atoms with Gasteiger partial charge in [0.25, 0.3) is 5.91 Å². The van der Waals surface area contributed by atoms with E-state index in [1.165, 1.54) is 18.0 Å². The fraction of sp³-hybridized carbons (Fsp3) is 0.250. The molecule has 0 radical (unpaired) electrons. The number of rotatable bonds is 8. The van der Waals surface area contributed by atoms with Crippen LogP contribution in [0.4, 0.5) is 8.78 Å². The topological polar surface area (TPSA) is 78.3 Å². The number of carbonyl (C=O) groups is 1. The molecule has 0 fully saturated rings. The molecule has 0 atom stereocenters. The normalized spacial score (nSPS) is 10.9. The fourth-order valence-corrected chi connectivity index (χ4v) is 2.95. The number of methoxy groups -OCH3 is 1. The van der Waals surface area contributed by atoms with Gasteiger partial charge in [0.15, 0.2) is 17.2 Å². The summed E-state index contributed by atoms with van der Waals surface area (Å²) in [4.78, 5) is 13.8. The first-order chi connectivity index (χ1) is 14.4. The molecule has 0 saturated heterocycles. The Morgan fingerprint density at radius 3 is 2.70 bits per heavy atom. The molecule has 0 bridgehead atoms. The number of benzene rings is 2. The average molecular weight is 437 g/mol. The second-order valence-electron chi connectivity index (χ2n) is 6.27. The summed E-state index contributed by atoms with van der Waals surface area (Å²) in [7, 11) is 1.37. The number of halogens is 3. The van der Waals surface area contributed by atoms with E-state index in [0.29, 0.717) is 29.4 Å². The molecule has 1 heterocycles. The maximum absolute atomic E-state index is 12.5. The monoisotopic (exact) mass is 436 g/mol. The van der Waals surface area contributed by atoms with Crippen LogP contribution >= 0.6 is 11.6 Å². The van der Waals surface area contributed by atoms with E-state index in [4.69, 9.17) is 16.3 Å². The number of amides is 1. The summed E-state index contributed by atoms with van der Waals surface area (Å²) in [6, 6.07) is 11.6. The quantitative estimate of drug-likeness (QED) is 0.581. The van der Waals surface area contributed by atoms with Gasteiger partial charge in [-0.1, -0.05) is 23.7 Å². The smallest absolute Gasteiger partial charge is 0.387 e. The molecular weight excluding hydrogens is 418 g/mol. The van der Waals surface area contributed by atoms with Crippen LogP contribution in [0.1, 0.15) is 21.7 Å². The highest BCUT2D eigenvalue weighted by atomic mass is 35.5. The number of alkyl halides is 2. The van der Waals surface area contributed by atoms with Crippen molar-refractivity contribution in [3.05, 3.63) is 64.4 Å². The second-order valence-corrected chi connectivity index (χ2v) is 6.71. The molecule has 1 aromatic heterocycles. The first-order valence-corrected chi connectivity index (χ1v) is 9.35. The van der Waals surface area contributed by atoms with Crippen LogP contribution in [0, 0.1) is 6.92 Å². The van der Waals surface area contributed by atoms with E-state index >= 15 is 0 Å². The summed E-state index contributed by atoms with van der Waals surface area (Å²) < 4.78 is 34.3. The molecule has 0 saturated carbocycles. The number of aromatic nitrogens is 3. The highest BCUT2D eigenvalue weighted by Gasteiger charge is 2.16. The number of nitrogens with zero attached hydrogens (tertiary/aromatic N) is 3. The molecule has 3 rings (SSSR count). The van der Waals surface area contributed by atoms with Crippen molar-refractivity contribution in [2.24, 2.45) is 0 Å². The molecule has 158 valence electrons. The third-order valence-electron chi connectivity index (χ3n) is 4.18. The lowest BCUT2D eigenvalue weighted by Crippen LogP contribution is -2.26. The lowest BCUT2D eigenvalue weighted by Gasteiger charge is -2.11. The zero-order valence-electron chi connectivity index (χ0n) is 16.2. The Morgan fingerprint density at radius 1 is 1.20 bits per heavy atom. The van der Waals surface area contributed by atoms with Crippen LogP contribution in [0.15, 0.2) is 42.5 Å². The van der Waals surface area contributed by atoms with Gasteiger partial charge >= 0.3 is 6.61 Å². The van der Waals surface area contributed by atoms with E-state index in [1.54, 1.807) is 43.3 Å². The molecule has 10 heteroatoms. The van der Waals surface area contributed by atoms with Gasteiger partial charge < -0.3 is 14.8 Å². The Labute approximate surface area is 176 Å². The molecule has 7 nitrogen and oxygen atoms in total. The molecule has 0 aliphatic heterocycles. The van der Waals surface area contributed by atoms with Gasteiger partial charge in [-0.05, 0) is 49.2 Å². The zero-order valence-corrected chi connectivity index (χ0v) is 17.0. The molecule has 30 heavy (non-hydrogen) atoms. The summed E-state index contributed by atoms with van der Waals surface area (Å²) in [6.45, 7) is -0.941. The Hall–Kier alpha value is -3.20. The molecule has 0 spiro atoms. The summed E-state index contributed by atoms with van der Waals surface area (Å²) in [5, 5.41) is 11.8. The number of hydrogen-bond donors (Lipinski definition) is 1. The van der Waals surface area contributed by atoms with Crippen molar-refractivity contribution in [1.29, 1.82) is 0 Å². The first kappa shape index (κ1) is 21.5. The lowest BCUT2D eigenvalue weighted by atomic mass is 10.1. The predicted octanol–water partition coefficient (Wildman–Crippen LogP) is 3.81. The molecule has 1 amide bonds. The zero-order chi connectivity index (χ0) is 21.7. The number of ether oxygens (including phenoxy) is 2. The third-order valence-corrected chi connectivity index (χ3v) is 4.41. The second kappa shape index (κ2) is 9.53. The average Bonchev–Trinajstić information content (AvgIpc) is 3.10. The van der Waals surface area contributed by atoms with Crippen LogP contribution in [0.2, 0.25) is 5.02 Å². The largest absolute Gasteiger partial charge is 0.493 e. The molecule has 3 aromatic rings. The van der Waals surface area contributed by atoms with Gasteiger partial charge in [-0.2, -0.15) is 18.7 Å². The van der Waals surface area contributed by atoms with Crippen LogP contribution in [-0.4, -0.2) is 41.2 Å². The van der Waals surface area contributed by atoms with Crippen LogP contribution in [-0.2, 0) is 6.42 Å². The number of carbonyl (C=O) groups excluding carboxylic acids is 1. The van der Waals surface area contributed by atoms with Crippen molar-refractivity contribution in [2.45, 2.75) is 20.0 Å². The number of aryl methyl sites for hydroxylation is 1. The van der Waals surface area contributed by atoms with E-state index in [-0.39, 0.29) is 23.1 Å². The Bertz CT molecular complexity index is 1040. The van der Waals surface area contributed by atoms with Gasteiger partial charge in [-0.25, -0.2) is 0 Å². The highest BCUT2D eigenvalue weighted by Crippen LogP contribution is 2.29. The van der Waals surface area contributed by atoms with Gasteiger partial charge in [-0.15, -0.1) is 5.10 Å². The number of nitrogens with one attached hydrogen (secondary N) is 1. The van der Waals surface area contributed by atoms with E-state index in [0.717, 1.165) is 5.56 Å². The van der Waals surface area contributed by atoms with Crippen LogP contribution < -0.4 is 14.8 Å². The van der Waals surface area contributed by atoms with Gasteiger partial charge in [0.1, 0.15) is 0 Å². The molecule has 0 unspecified atom stereocenters. The van der Waals surface area contributed by atoms with Crippen molar-refractivity contribution in [1.82, 2.24) is 20.3 Å². The molecule has 1 N–H and O–H groups in total. The van der Waals surface area contributed by atoms with E-state index in [1.807, 2.05) is 0 Å². The standard InChI is InChI=1S/C20H19ClF2N4O3/c1-12-18(26-27(25-12)15-5-3-4-14(21)11-15)19(28)24-9-8-13-6-7-16(30-20(22)23)17(10-13)29-2/h3-7,10-11,20H,8-9H2,1-2H3,(H,24,28). The van der Waals surface area contributed by atoms with Crippen molar-refractivity contribution in [2.75, 3.05) is 13.7 Å². The minimum absolute atomic E-state index is 0.0476. The summed E-state index contributed by atoms with van der Waals surface area (Å²) in [6.07, 6.45) is 0.457. The van der Waals surface area contributed by atoms with Crippen molar-refractivity contribution >= 4 is 17.5 Å². The Kier molecular flexibility index (Phi) is 6.83. The highest BCUT2D eigenvalue weighted by molar-refractivity contribution is 6.30. The maximum Gasteiger partial charge on any atom is 0.387 e. The molecule has 2 aromatic carbocycles. The van der Waals surface area contributed by atoms with Crippen molar-refractivity contribution < 1.29 is 23.0 Å². The molecule has 0 aliphatic rings. The summed E-state index contributed by atoms with van der Waals surface area (Å²) in [5.74, 6) is -0.224. The Morgan fingerprint density at radius 2 is 2.00 bits per heavy atom. The van der Waals surface area contributed by atoms with Gasteiger partial charge in [0.2, 0.25) is 0 Å². The van der Waals surface area contributed by atoms with Crippen LogP contribution in [0.25, 0.3) is 5.69 Å². The lowest BCUT2D eigenvalue weighted by molar-refractivity contribution is -0.0512. The maximum atomic E-state index is 12.5. The van der Waals surface area contributed by atoms with Crippen molar-refractivity contribution in [3.8, 4) is 17.2 Å². The summed E-state index contributed by atoms with van der Waals surface area (Å²) in [5.41, 5.74) is 2.10.